The van der Waals surface area contributed by atoms with Gasteiger partial charge in [0.1, 0.15) is 5.56 Å². The number of phenolic OH excluding ortho intramolecular Hbond substituents is 1. The van der Waals surface area contributed by atoms with Crippen LogP contribution in [0.1, 0.15) is 10.4 Å². The van der Waals surface area contributed by atoms with Crippen LogP contribution in [0.15, 0.2) is 30.9 Å². The van der Waals surface area contributed by atoms with Crippen LogP contribution < -0.4 is 10.6 Å². The van der Waals surface area contributed by atoms with Crippen molar-refractivity contribution in [3.8, 4) is 5.75 Å². The summed E-state index contributed by atoms with van der Waals surface area (Å²) in [5.41, 5.74) is 0.411. The van der Waals surface area contributed by atoms with Crippen LogP contribution >= 0.6 is 12.2 Å². The van der Waals surface area contributed by atoms with Crippen molar-refractivity contribution in [3.63, 3.8) is 0 Å². The molecule has 0 unspecified atom stereocenters. The van der Waals surface area contributed by atoms with E-state index >= 15 is 0 Å². The summed E-state index contributed by atoms with van der Waals surface area (Å²) in [4.78, 5) is 11.4. The lowest BCUT2D eigenvalue weighted by Crippen LogP contribution is -2.28. The van der Waals surface area contributed by atoms with E-state index in [4.69, 9.17) is 12.2 Å². The number of para-hydroxylation sites is 1. The van der Waals surface area contributed by atoms with E-state index in [-0.39, 0.29) is 11.3 Å². The Balaban J connectivity index is 2.87. The van der Waals surface area contributed by atoms with E-state index < -0.39 is 5.97 Å². The number of methoxy groups -OCH3 is 1. The van der Waals surface area contributed by atoms with Gasteiger partial charge >= 0.3 is 5.97 Å². The lowest BCUT2D eigenvalue weighted by Gasteiger charge is -2.12. The summed E-state index contributed by atoms with van der Waals surface area (Å²) >= 11 is 5.00. The normalized spacial score (nSPS) is 9.39. The van der Waals surface area contributed by atoms with E-state index in [1.165, 1.54) is 13.2 Å². The molecular formula is C12H14N2O3S. The maximum absolute atomic E-state index is 11.4. The number of hydrogen-bond acceptors (Lipinski definition) is 4. The number of hydrogen-bond donors (Lipinski definition) is 3. The van der Waals surface area contributed by atoms with Gasteiger partial charge in [0.05, 0.1) is 12.8 Å². The summed E-state index contributed by atoms with van der Waals surface area (Å²) in [5.74, 6) is -0.812. The summed E-state index contributed by atoms with van der Waals surface area (Å²) in [5, 5.41) is 15.8. The fraction of sp³-hybridized carbons (Fsp3) is 0.167. The third-order valence-corrected chi connectivity index (χ3v) is 2.34. The number of phenols is 1. The average Bonchev–Trinajstić information content (AvgIpc) is 2.38. The van der Waals surface area contributed by atoms with Crippen LogP contribution in [0, 0.1) is 0 Å². The lowest BCUT2D eigenvalue weighted by atomic mass is 10.1. The first kappa shape index (κ1) is 14.0. The molecule has 1 rings (SSSR count). The molecule has 0 saturated heterocycles. The Labute approximate surface area is 110 Å². The highest BCUT2D eigenvalue weighted by Crippen LogP contribution is 2.27. The van der Waals surface area contributed by atoms with Crippen molar-refractivity contribution in [2.24, 2.45) is 0 Å². The molecule has 5 nitrogen and oxygen atoms in total. The van der Waals surface area contributed by atoms with E-state index in [1.54, 1.807) is 18.2 Å². The number of aromatic hydroxyl groups is 1. The highest BCUT2D eigenvalue weighted by molar-refractivity contribution is 7.80. The smallest absolute Gasteiger partial charge is 0.341 e. The van der Waals surface area contributed by atoms with Crippen LogP contribution in [0.5, 0.6) is 5.75 Å². The predicted molar refractivity (Wildman–Crippen MR) is 73.9 cm³/mol. The van der Waals surface area contributed by atoms with Crippen molar-refractivity contribution in [2.75, 3.05) is 19.0 Å². The summed E-state index contributed by atoms with van der Waals surface area (Å²) in [6.07, 6.45) is 1.65. The van der Waals surface area contributed by atoms with Gasteiger partial charge in [0.2, 0.25) is 0 Å². The van der Waals surface area contributed by atoms with Gasteiger partial charge < -0.3 is 20.5 Å². The Hall–Kier alpha value is -2.08. The van der Waals surface area contributed by atoms with Crippen molar-refractivity contribution in [3.05, 3.63) is 36.4 Å². The van der Waals surface area contributed by atoms with Crippen molar-refractivity contribution in [1.82, 2.24) is 5.32 Å². The minimum atomic E-state index is -0.610. The van der Waals surface area contributed by atoms with Crippen LogP contribution in [0.2, 0.25) is 0 Å². The fourth-order valence-electron chi connectivity index (χ4n) is 1.25. The van der Waals surface area contributed by atoms with E-state index in [1.807, 2.05) is 0 Å². The minimum absolute atomic E-state index is 0.0778. The molecule has 0 amide bonds. The summed E-state index contributed by atoms with van der Waals surface area (Å²) in [6, 6.07) is 4.68. The first-order valence-electron chi connectivity index (χ1n) is 5.16. The number of nitrogens with one attached hydrogen (secondary N) is 2. The molecule has 0 radical (unpaired) electrons. The monoisotopic (exact) mass is 266 g/mol. The van der Waals surface area contributed by atoms with E-state index in [2.05, 4.69) is 21.9 Å². The van der Waals surface area contributed by atoms with Crippen molar-refractivity contribution < 1.29 is 14.6 Å². The van der Waals surface area contributed by atoms with Crippen LogP contribution in [0.4, 0.5) is 5.69 Å². The van der Waals surface area contributed by atoms with Gasteiger partial charge in [-0.15, -0.1) is 6.58 Å². The third kappa shape index (κ3) is 3.46. The second kappa shape index (κ2) is 6.61. The largest absolute Gasteiger partial charge is 0.505 e. The van der Waals surface area contributed by atoms with Crippen LogP contribution in [0.3, 0.4) is 0 Å². The summed E-state index contributed by atoms with van der Waals surface area (Å²) in [7, 11) is 1.25. The Kier molecular flexibility index (Phi) is 5.13. The maximum Gasteiger partial charge on any atom is 0.341 e. The van der Waals surface area contributed by atoms with Gasteiger partial charge in [-0.1, -0.05) is 12.1 Å². The van der Waals surface area contributed by atoms with Gasteiger partial charge in [0, 0.05) is 6.54 Å². The van der Waals surface area contributed by atoms with Crippen molar-refractivity contribution in [1.29, 1.82) is 0 Å². The number of esters is 1. The molecule has 0 aliphatic carbocycles. The maximum atomic E-state index is 11.4. The number of benzene rings is 1. The number of anilines is 1. The topological polar surface area (TPSA) is 70.6 Å². The van der Waals surface area contributed by atoms with Gasteiger partial charge in [0.15, 0.2) is 10.9 Å². The molecule has 0 fully saturated rings. The molecule has 0 spiro atoms. The Morgan fingerprint density at radius 3 is 2.94 bits per heavy atom. The highest BCUT2D eigenvalue weighted by atomic mass is 32.1. The Morgan fingerprint density at radius 2 is 2.33 bits per heavy atom. The van der Waals surface area contributed by atoms with Gasteiger partial charge in [-0.05, 0) is 24.4 Å². The van der Waals surface area contributed by atoms with E-state index in [9.17, 15) is 9.90 Å². The molecule has 0 aromatic heterocycles. The molecule has 3 N–H and O–H groups in total. The Morgan fingerprint density at radius 1 is 1.61 bits per heavy atom. The number of carbonyl (C=O) groups is 1. The van der Waals surface area contributed by atoms with Gasteiger partial charge in [0.25, 0.3) is 0 Å². The van der Waals surface area contributed by atoms with Crippen LogP contribution in [-0.4, -0.2) is 29.8 Å². The zero-order valence-corrected chi connectivity index (χ0v) is 10.7. The second-order valence-electron chi connectivity index (χ2n) is 3.32. The molecule has 0 atom stereocenters. The van der Waals surface area contributed by atoms with Gasteiger partial charge in [-0.2, -0.15) is 0 Å². The molecule has 1 aromatic carbocycles. The standard InChI is InChI=1S/C12H14N2O3S/c1-3-7-13-12(18)14-9-6-4-5-8(10(9)15)11(16)17-2/h3-6,15H,1,7H2,2H3,(H2,13,14,18). The summed E-state index contributed by atoms with van der Waals surface area (Å²) < 4.78 is 4.55. The molecular weight excluding hydrogens is 252 g/mol. The molecule has 0 aliphatic heterocycles. The van der Waals surface area contributed by atoms with Gasteiger partial charge in [-0.25, -0.2) is 4.79 Å². The fourth-order valence-corrected chi connectivity index (χ4v) is 1.44. The Bertz CT molecular complexity index is 474. The number of carbonyl (C=O) groups excluding carboxylic acids is 1. The minimum Gasteiger partial charge on any atom is -0.505 e. The average molecular weight is 266 g/mol. The van der Waals surface area contributed by atoms with Crippen molar-refractivity contribution >= 4 is 29.0 Å². The molecule has 0 saturated carbocycles. The quantitative estimate of drug-likeness (QED) is 0.333. The number of thiocarbonyl (C=S) groups is 1. The molecule has 0 aliphatic rings. The molecule has 18 heavy (non-hydrogen) atoms. The zero-order valence-electron chi connectivity index (χ0n) is 9.90. The van der Waals surface area contributed by atoms with Crippen LogP contribution in [0.25, 0.3) is 0 Å². The molecule has 96 valence electrons. The number of ether oxygens (including phenoxy) is 1. The molecule has 0 bridgehead atoms. The highest BCUT2D eigenvalue weighted by Gasteiger charge is 2.14. The number of rotatable bonds is 4. The molecule has 1 aromatic rings. The van der Waals surface area contributed by atoms with E-state index in [0.717, 1.165) is 0 Å². The first-order valence-corrected chi connectivity index (χ1v) is 5.57. The third-order valence-electron chi connectivity index (χ3n) is 2.10. The lowest BCUT2D eigenvalue weighted by molar-refractivity contribution is 0.0597. The zero-order chi connectivity index (χ0) is 13.5. The van der Waals surface area contributed by atoms with E-state index in [0.29, 0.717) is 17.3 Å². The van der Waals surface area contributed by atoms with Gasteiger partial charge in [-0.3, -0.25) is 0 Å². The molecule has 6 heteroatoms. The first-order chi connectivity index (χ1) is 8.60. The second-order valence-corrected chi connectivity index (χ2v) is 3.73. The van der Waals surface area contributed by atoms with Crippen molar-refractivity contribution in [2.45, 2.75) is 0 Å². The van der Waals surface area contributed by atoms with Crippen LogP contribution in [-0.2, 0) is 4.74 Å². The SMILES string of the molecule is C=CCNC(=S)Nc1cccc(C(=O)OC)c1O. The predicted octanol–water partition coefficient (Wildman–Crippen LogP) is 1.65. The molecule has 0 heterocycles. The summed E-state index contributed by atoms with van der Waals surface area (Å²) in [6.45, 7) is 4.05.